The minimum atomic E-state index is 0.0950. The van der Waals surface area contributed by atoms with Crippen molar-refractivity contribution in [3.05, 3.63) is 62.0 Å². The Morgan fingerprint density at radius 1 is 1.20 bits per heavy atom. The third-order valence-electron chi connectivity index (χ3n) is 3.07. The first-order valence-corrected chi connectivity index (χ1v) is 7.72. The number of hydrogen-bond donors (Lipinski definition) is 0. The van der Waals surface area contributed by atoms with Crippen LogP contribution < -0.4 is 4.74 Å². The van der Waals surface area contributed by atoms with E-state index in [0.29, 0.717) is 6.42 Å². The lowest BCUT2D eigenvalue weighted by atomic mass is 10.0. The molecule has 0 bridgehead atoms. The highest BCUT2D eigenvalue weighted by atomic mass is 79.9. The molecule has 0 aliphatic carbocycles. The van der Waals surface area contributed by atoms with E-state index in [0.717, 1.165) is 31.4 Å². The van der Waals surface area contributed by atoms with Gasteiger partial charge in [-0.25, -0.2) is 0 Å². The van der Waals surface area contributed by atoms with Gasteiger partial charge in [-0.05, 0) is 62.0 Å². The normalized spacial score (nSPS) is 10.4. The van der Waals surface area contributed by atoms with Gasteiger partial charge < -0.3 is 4.74 Å². The Bertz CT molecular complexity index is 651. The van der Waals surface area contributed by atoms with Crippen molar-refractivity contribution in [3.8, 4) is 5.75 Å². The smallest absolute Gasteiger partial charge is 0.168 e. The number of benzene rings is 2. The molecule has 0 atom stereocenters. The molecule has 0 fully saturated rings. The molecule has 0 saturated carbocycles. The van der Waals surface area contributed by atoms with Crippen LogP contribution >= 0.6 is 31.9 Å². The molecule has 0 saturated heterocycles. The molecule has 2 aromatic rings. The molecule has 2 rings (SSSR count). The molecule has 2 nitrogen and oxygen atoms in total. The van der Waals surface area contributed by atoms with E-state index in [2.05, 4.69) is 31.9 Å². The monoisotopic (exact) mass is 396 g/mol. The van der Waals surface area contributed by atoms with Crippen molar-refractivity contribution in [2.45, 2.75) is 13.3 Å². The molecule has 0 amide bonds. The van der Waals surface area contributed by atoms with Gasteiger partial charge in [-0.2, -0.15) is 0 Å². The van der Waals surface area contributed by atoms with Gasteiger partial charge in [0.05, 0.1) is 11.6 Å². The van der Waals surface area contributed by atoms with Gasteiger partial charge in [0.15, 0.2) is 5.78 Å². The minimum Gasteiger partial charge on any atom is -0.496 e. The van der Waals surface area contributed by atoms with E-state index in [-0.39, 0.29) is 5.78 Å². The summed E-state index contributed by atoms with van der Waals surface area (Å²) >= 11 is 6.92. The summed E-state index contributed by atoms with van der Waals surface area (Å²) in [7, 11) is 1.62. The van der Waals surface area contributed by atoms with Crippen LogP contribution in [0, 0.1) is 6.92 Å². The van der Waals surface area contributed by atoms with Crippen molar-refractivity contribution >= 4 is 37.6 Å². The van der Waals surface area contributed by atoms with Crippen molar-refractivity contribution in [3.63, 3.8) is 0 Å². The van der Waals surface area contributed by atoms with Gasteiger partial charge in [0.25, 0.3) is 0 Å². The van der Waals surface area contributed by atoms with Crippen LogP contribution in [0.3, 0.4) is 0 Å². The topological polar surface area (TPSA) is 26.3 Å². The van der Waals surface area contributed by atoms with Crippen molar-refractivity contribution in [2.75, 3.05) is 7.11 Å². The lowest BCUT2D eigenvalue weighted by molar-refractivity contribution is 0.0992. The molecule has 0 unspecified atom stereocenters. The largest absolute Gasteiger partial charge is 0.496 e. The number of rotatable bonds is 4. The Kier molecular flexibility index (Phi) is 5.00. The fraction of sp³-hybridized carbons (Fsp3) is 0.188. The van der Waals surface area contributed by atoms with Crippen LogP contribution in [-0.4, -0.2) is 12.9 Å². The van der Waals surface area contributed by atoms with Gasteiger partial charge >= 0.3 is 0 Å². The van der Waals surface area contributed by atoms with Crippen LogP contribution in [0.2, 0.25) is 0 Å². The number of methoxy groups -OCH3 is 1. The molecule has 0 aromatic heterocycles. The van der Waals surface area contributed by atoms with Gasteiger partial charge in [-0.15, -0.1) is 0 Å². The summed E-state index contributed by atoms with van der Waals surface area (Å²) in [5.41, 5.74) is 2.74. The van der Waals surface area contributed by atoms with E-state index in [4.69, 9.17) is 4.74 Å². The number of halogens is 2. The van der Waals surface area contributed by atoms with Crippen molar-refractivity contribution in [2.24, 2.45) is 0 Å². The van der Waals surface area contributed by atoms with Crippen LogP contribution in [0.15, 0.2) is 45.3 Å². The van der Waals surface area contributed by atoms with Crippen LogP contribution in [0.5, 0.6) is 5.75 Å². The molecule has 0 aliphatic rings. The molecule has 20 heavy (non-hydrogen) atoms. The molecule has 4 heteroatoms. The maximum Gasteiger partial charge on any atom is 0.168 e. The zero-order chi connectivity index (χ0) is 14.7. The number of ketones is 1. The van der Waals surface area contributed by atoms with Gasteiger partial charge in [0.1, 0.15) is 5.75 Å². The second-order valence-electron chi connectivity index (χ2n) is 4.51. The van der Waals surface area contributed by atoms with E-state index in [1.54, 1.807) is 7.11 Å². The molecule has 2 aromatic carbocycles. The fourth-order valence-electron chi connectivity index (χ4n) is 1.96. The summed E-state index contributed by atoms with van der Waals surface area (Å²) in [4.78, 5) is 12.4. The van der Waals surface area contributed by atoms with E-state index in [9.17, 15) is 4.79 Å². The number of carbonyl (C=O) groups is 1. The molecular formula is C16H14Br2O2. The predicted octanol–water partition coefficient (Wildman–Crippen LogP) is 4.95. The zero-order valence-electron chi connectivity index (χ0n) is 11.2. The number of aryl methyl sites for hydroxylation is 1. The summed E-state index contributed by atoms with van der Waals surface area (Å²) in [6.07, 6.45) is 0.366. The minimum absolute atomic E-state index is 0.0950. The van der Waals surface area contributed by atoms with Gasteiger partial charge in [-0.1, -0.05) is 24.3 Å². The first kappa shape index (κ1) is 15.3. The number of hydrogen-bond acceptors (Lipinski definition) is 2. The fourth-order valence-corrected chi connectivity index (χ4v) is 3.04. The van der Waals surface area contributed by atoms with E-state index in [1.165, 1.54) is 0 Å². The summed E-state index contributed by atoms with van der Waals surface area (Å²) in [5.74, 6) is 0.857. The van der Waals surface area contributed by atoms with Crippen molar-refractivity contribution in [1.82, 2.24) is 0 Å². The third-order valence-corrected chi connectivity index (χ3v) is 4.75. The lowest BCUT2D eigenvalue weighted by Gasteiger charge is -2.08. The highest BCUT2D eigenvalue weighted by Crippen LogP contribution is 2.27. The lowest BCUT2D eigenvalue weighted by Crippen LogP contribution is -2.05. The first-order chi connectivity index (χ1) is 9.52. The summed E-state index contributed by atoms with van der Waals surface area (Å²) in [5, 5.41) is 0. The molecule has 0 aliphatic heterocycles. The Labute approximate surface area is 135 Å². The SMILES string of the molecule is COc1ccc(CC(=O)c2cccc(C)c2Br)cc1Br. The quantitative estimate of drug-likeness (QED) is 0.682. The molecule has 0 heterocycles. The third kappa shape index (κ3) is 3.30. The van der Waals surface area contributed by atoms with Crippen LogP contribution in [0.4, 0.5) is 0 Å². The second-order valence-corrected chi connectivity index (χ2v) is 6.15. The van der Waals surface area contributed by atoms with Gasteiger partial charge in [0, 0.05) is 16.5 Å². The van der Waals surface area contributed by atoms with E-state index >= 15 is 0 Å². The van der Waals surface area contributed by atoms with E-state index < -0.39 is 0 Å². The number of carbonyl (C=O) groups excluding carboxylic acids is 1. The zero-order valence-corrected chi connectivity index (χ0v) is 14.4. The van der Waals surface area contributed by atoms with Crippen molar-refractivity contribution < 1.29 is 9.53 Å². The molecule has 0 radical (unpaired) electrons. The summed E-state index contributed by atoms with van der Waals surface area (Å²) < 4.78 is 6.91. The Balaban J connectivity index is 2.24. The Morgan fingerprint density at radius 2 is 1.95 bits per heavy atom. The number of Topliss-reactive ketones (excluding diaryl/α,β-unsaturated/α-hetero) is 1. The molecule has 104 valence electrons. The standard InChI is InChI=1S/C16H14Br2O2/c1-10-4-3-5-12(16(10)18)14(19)9-11-6-7-15(20-2)13(17)8-11/h3-8H,9H2,1-2H3. The highest BCUT2D eigenvalue weighted by molar-refractivity contribution is 9.11. The summed E-state index contributed by atoms with van der Waals surface area (Å²) in [6, 6.07) is 11.4. The summed E-state index contributed by atoms with van der Waals surface area (Å²) in [6.45, 7) is 1.98. The van der Waals surface area contributed by atoms with Crippen LogP contribution in [0.25, 0.3) is 0 Å². The maximum absolute atomic E-state index is 12.4. The van der Waals surface area contributed by atoms with Crippen LogP contribution in [0.1, 0.15) is 21.5 Å². The van der Waals surface area contributed by atoms with Gasteiger partial charge in [0.2, 0.25) is 0 Å². The average molecular weight is 398 g/mol. The predicted molar refractivity (Wildman–Crippen MR) is 87.6 cm³/mol. The van der Waals surface area contributed by atoms with Crippen LogP contribution in [-0.2, 0) is 6.42 Å². The Morgan fingerprint density at radius 3 is 2.60 bits per heavy atom. The van der Waals surface area contributed by atoms with E-state index in [1.807, 2.05) is 43.3 Å². The number of ether oxygens (including phenoxy) is 1. The molecule has 0 spiro atoms. The Hall–Kier alpha value is -1.13. The average Bonchev–Trinajstić information content (AvgIpc) is 2.42. The second kappa shape index (κ2) is 6.55. The van der Waals surface area contributed by atoms with Gasteiger partial charge in [-0.3, -0.25) is 4.79 Å². The molecular weight excluding hydrogens is 384 g/mol. The maximum atomic E-state index is 12.4. The first-order valence-electron chi connectivity index (χ1n) is 6.13. The molecule has 0 N–H and O–H groups in total. The van der Waals surface area contributed by atoms with Crippen molar-refractivity contribution in [1.29, 1.82) is 0 Å². The highest BCUT2D eigenvalue weighted by Gasteiger charge is 2.13.